The van der Waals surface area contributed by atoms with Crippen LogP contribution in [0.3, 0.4) is 0 Å². The van der Waals surface area contributed by atoms with Gasteiger partial charge in [0, 0.05) is 16.5 Å². The predicted octanol–water partition coefficient (Wildman–Crippen LogP) is 1.90. The second kappa shape index (κ2) is 8.92. The maximum atomic E-state index is 12.8. The summed E-state index contributed by atoms with van der Waals surface area (Å²) in [6.07, 6.45) is 0.324. The molecule has 0 saturated carbocycles. The zero-order valence-corrected chi connectivity index (χ0v) is 18.4. The van der Waals surface area contributed by atoms with Crippen LogP contribution in [0, 0.1) is 5.41 Å². The molecule has 29 heavy (non-hydrogen) atoms. The fraction of sp³-hybridized carbons (Fsp3) is 0.476. The number of nitrogens with one attached hydrogen (secondary N) is 3. The van der Waals surface area contributed by atoms with E-state index in [1.807, 2.05) is 29.6 Å². The van der Waals surface area contributed by atoms with Crippen molar-refractivity contribution in [2.45, 2.75) is 52.6 Å². The molecule has 3 amide bonds. The van der Waals surface area contributed by atoms with Crippen LogP contribution in [0.5, 0.6) is 0 Å². The lowest BCUT2D eigenvalue weighted by molar-refractivity contribution is -0.132. The van der Waals surface area contributed by atoms with Crippen molar-refractivity contribution < 1.29 is 14.4 Å². The molecule has 0 aliphatic carbocycles. The summed E-state index contributed by atoms with van der Waals surface area (Å²) in [6, 6.07) is 7.10. The second-order valence-corrected chi connectivity index (χ2v) is 9.59. The van der Waals surface area contributed by atoms with Crippen molar-refractivity contribution in [3.63, 3.8) is 0 Å². The molecule has 0 spiro atoms. The average molecular weight is 419 g/mol. The summed E-state index contributed by atoms with van der Waals surface area (Å²) in [7, 11) is 0. The standard InChI is InChI=1S/C21H30N4O3S/c1-20(2,3)18(27)24-12-23-17(26)15(25-19(28)21(4,5)22)10-13-11-29-16-9-7-6-8-14(13)16/h6-9,11,15H,10,12,22H2,1-5H3,(H,23,26)(H,24,27)(H,25,28)/t15-/m1/s1. The third kappa shape index (κ3) is 6.27. The van der Waals surface area contributed by atoms with E-state index in [-0.39, 0.29) is 18.5 Å². The van der Waals surface area contributed by atoms with E-state index in [9.17, 15) is 14.4 Å². The molecule has 5 N–H and O–H groups in total. The normalized spacial score (nSPS) is 13.0. The Labute approximate surface area is 175 Å². The number of rotatable bonds is 7. The first kappa shape index (κ1) is 22.8. The van der Waals surface area contributed by atoms with Crippen LogP contribution in [0.15, 0.2) is 29.6 Å². The van der Waals surface area contributed by atoms with Gasteiger partial charge in [-0.3, -0.25) is 14.4 Å². The van der Waals surface area contributed by atoms with Gasteiger partial charge in [-0.05, 0) is 36.2 Å². The van der Waals surface area contributed by atoms with E-state index < -0.39 is 22.9 Å². The van der Waals surface area contributed by atoms with Crippen molar-refractivity contribution in [3.8, 4) is 0 Å². The zero-order valence-electron chi connectivity index (χ0n) is 17.6. The summed E-state index contributed by atoms with van der Waals surface area (Å²) in [5, 5.41) is 11.1. The Hall–Kier alpha value is -2.45. The predicted molar refractivity (Wildman–Crippen MR) is 116 cm³/mol. The lowest BCUT2D eigenvalue weighted by Crippen LogP contribution is -2.57. The minimum Gasteiger partial charge on any atom is -0.342 e. The number of thiophene rings is 1. The summed E-state index contributed by atoms with van der Waals surface area (Å²) in [5.41, 5.74) is 5.18. The number of hydrogen-bond donors (Lipinski definition) is 4. The van der Waals surface area contributed by atoms with Crippen molar-refractivity contribution in [1.82, 2.24) is 16.0 Å². The van der Waals surface area contributed by atoms with E-state index in [1.54, 1.807) is 46.0 Å². The number of carbonyl (C=O) groups excluding carboxylic acids is 3. The molecule has 7 nitrogen and oxygen atoms in total. The van der Waals surface area contributed by atoms with E-state index in [0.29, 0.717) is 6.42 Å². The summed E-state index contributed by atoms with van der Waals surface area (Å²) < 4.78 is 1.12. The maximum Gasteiger partial charge on any atom is 0.244 e. The molecule has 2 rings (SSSR count). The maximum absolute atomic E-state index is 12.8. The fourth-order valence-electron chi connectivity index (χ4n) is 2.56. The smallest absolute Gasteiger partial charge is 0.244 e. The Morgan fingerprint density at radius 3 is 2.31 bits per heavy atom. The van der Waals surface area contributed by atoms with Gasteiger partial charge in [0.25, 0.3) is 0 Å². The Bertz CT molecular complexity index is 893. The number of hydrogen-bond acceptors (Lipinski definition) is 5. The molecule has 1 aromatic carbocycles. The molecule has 0 aliphatic rings. The third-order valence-electron chi connectivity index (χ3n) is 4.38. The highest BCUT2D eigenvalue weighted by molar-refractivity contribution is 7.17. The van der Waals surface area contributed by atoms with Gasteiger partial charge in [0.1, 0.15) is 6.04 Å². The summed E-state index contributed by atoms with van der Waals surface area (Å²) in [4.78, 5) is 37.2. The van der Waals surface area contributed by atoms with Crippen molar-refractivity contribution >= 4 is 39.1 Å². The molecule has 1 aromatic heterocycles. The number of amides is 3. The van der Waals surface area contributed by atoms with Gasteiger partial charge in [-0.25, -0.2) is 0 Å². The van der Waals surface area contributed by atoms with E-state index >= 15 is 0 Å². The van der Waals surface area contributed by atoms with Gasteiger partial charge in [-0.15, -0.1) is 11.3 Å². The largest absolute Gasteiger partial charge is 0.342 e. The lowest BCUT2D eigenvalue weighted by Gasteiger charge is -2.24. The summed E-state index contributed by atoms with van der Waals surface area (Å²) in [5.74, 6) is -0.978. The summed E-state index contributed by atoms with van der Waals surface area (Å²) in [6.45, 7) is 8.52. The van der Waals surface area contributed by atoms with E-state index in [0.717, 1.165) is 15.6 Å². The van der Waals surface area contributed by atoms with Crippen molar-refractivity contribution in [3.05, 3.63) is 35.2 Å². The Morgan fingerprint density at radius 2 is 1.69 bits per heavy atom. The lowest BCUT2D eigenvalue weighted by atomic mass is 9.96. The van der Waals surface area contributed by atoms with Gasteiger partial charge in [0.15, 0.2) is 0 Å². The van der Waals surface area contributed by atoms with Gasteiger partial charge in [0.05, 0.1) is 12.2 Å². The van der Waals surface area contributed by atoms with E-state index in [2.05, 4.69) is 16.0 Å². The Morgan fingerprint density at radius 1 is 1.03 bits per heavy atom. The minimum atomic E-state index is -1.12. The highest BCUT2D eigenvalue weighted by Crippen LogP contribution is 2.26. The number of nitrogens with two attached hydrogens (primary N) is 1. The molecule has 0 radical (unpaired) electrons. The van der Waals surface area contributed by atoms with Crippen molar-refractivity contribution in [2.75, 3.05) is 6.67 Å². The number of fused-ring (bicyclic) bond motifs is 1. The minimum absolute atomic E-state index is 0.0162. The number of benzene rings is 1. The molecule has 1 heterocycles. The van der Waals surface area contributed by atoms with Crippen molar-refractivity contribution in [2.24, 2.45) is 11.1 Å². The van der Waals surface area contributed by atoms with Crippen LogP contribution in [-0.2, 0) is 20.8 Å². The molecule has 0 bridgehead atoms. The van der Waals surface area contributed by atoms with Crippen molar-refractivity contribution in [1.29, 1.82) is 0 Å². The molecule has 0 fully saturated rings. The topological polar surface area (TPSA) is 113 Å². The molecular formula is C21H30N4O3S. The highest BCUT2D eigenvalue weighted by Gasteiger charge is 2.29. The van der Waals surface area contributed by atoms with Crippen LogP contribution in [0.25, 0.3) is 10.1 Å². The molecule has 2 aromatic rings. The first-order chi connectivity index (χ1) is 13.4. The number of carbonyl (C=O) groups is 3. The van der Waals surface area contributed by atoms with Gasteiger partial charge < -0.3 is 21.7 Å². The molecule has 8 heteroatoms. The van der Waals surface area contributed by atoms with E-state index in [1.165, 1.54) is 0 Å². The Kier molecular flexibility index (Phi) is 7.02. The SMILES string of the molecule is CC(C)(C)C(=O)NCNC(=O)[C@@H](Cc1csc2ccccc12)NC(=O)C(C)(C)N. The van der Waals surface area contributed by atoms with Gasteiger partial charge in [0.2, 0.25) is 17.7 Å². The molecule has 0 saturated heterocycles. The Balaban J connectivity index is 2.13. The van der Waals surface area contributed by atoms with Crippen LogP contribution in [0.2, 0.25) is 0 Å². The third-order valence-corrected chi connectivity index (χ3v) is 5.40. The monoisotopic (exact) mass is 418 g/mol. The van der Waals surface area contributed by atoms with Crippen LogP contribution in [-0.4, -0.2) is 36.0 Å². The van der Waals surface area contributed by atoms with Gasteiger partial charge >= 0.3 is 0 Å². The average Bonchev–Trinajstić information content (AvgIpc) is 3.02. The van der Waals surface area contributed by atoms with Crippen LogP contribution in [0.1, 0.15) is 40.2 Å². The van der Waals surface area contributed by atoms with Gasteiger partial charge in [-0.1, -0.05) is 39.0 Å². The van der Waals surface area contributed by atoms with Crippen LogP contribution >= 0.6 is 11.3 Å². The first-order valence-electron chi connectivity index (χ1n) is 9.50. The fourth-order valence-corrected chi connectivity index (χ4v) is 3.54. The van der Waals surface area contributed by atoms with E-state index in [4.69, 9.17) is 5.73 Å². The molecule has 158 valence electrons. The molecule has 1 atom stereocenters. The molecule has 0 aliphatic heterocycles. The van der Waals surface area contributed by atoms with Gasteiger partial charge in [-0.2, -0.15) is 0 Å². The zero-order chi connectivity index (χ0) is 21.8. The second-order valence-electron chi connectivity index (χ2n) is 8.68. The molecular weight excluding hydrogens is 388 g/mol. The quantitative estimate of drug-likeness (QED) is 0.514. The molecule has 0 unspecified atom stereocenters. The van der Waals surface area contributed by atoms with Crippen LogP contribution in [0.4, 0.5) is 0 Å². The summed E-state index contributed by atoms with van der Waals surface area (Å²) >= 11 is 1.59. The van der Waals surface area contributed by atoms with Crippen LogP contribution < -0.4 is 21.7 Å². The first-order valence-corrected chi connectivity index (χ1v) is 10.4. The highest BCUT2D eigenvalue weighted by atomic mass is 32.1.